The Morgan fingerprint density at radius 1 is 0.479 bits per heavy atom. The van der Waals surface area contributed by atoms with Crippen LogP contribution in [0.1, 0.15) is 0 Å². The average Bonchev–Trinajstić information content (AvgIpc) is 3.71. The van der Waals surface area contributed by atoms with Crippen molar-refractivity contribution in [2.24, 2.45) is 0 Å². The van der Waals surface area contributed by atoms with E-state index in [2.05, 4.69) is 144 Å². The second kappa shape index (κ2) is 9.58. The minimum atomic E-state index is -3.38. The third kappa shape index (κ3) is 3.36. The predicted octanol–water partition coefficient (Wildman–Crippen LogP) is 9.48. The molecule has 0 radical (unpaired) electrons. The van der Waals surface area contributed by atoms with Crippen molar-refractivity contribution in [2.45, 2.75) is 0 Å². The first kappa shape index (κ1) is 26.6. The molecule has 0 saturated heterocycles. The van der Waals surface area contributed by atoms with Crippen LogP contribution in [0.3, 0.4) is 0 Å². The van der Waals surface area contributed by atoms with E-state index in [1.54, 1.807) is 0 Å². The number of fused-ring (bicyclic) bond motifs is 10. The Hall–Kier alpha value is -5.40. The average molecular weight is 727 g/mol. The van der Waals surface area contributed by atoms with Crippen molar-refractivity contribution >= 4 is 107 Å². The second-order valence-corrected chi connectivity index (χ2v) is 20.2. The number of hydrogen-bond acceptors (Lipinski definition) is 3. The molecule has 0 spiro atoms. The van der Waals surface area contributed by atoms with Crippen molar-refractivity contribution in [1.29, 1.82) is 0 Å². The summed E-state index contributed by atoms with van der Waals surface area (Å²) in [7, 11) is 0. The molecule has 1 atom stereocenters. The SMILES string of the molecule is C=I1(c2ccc3oc4ccccc4c3c2)c2ccccc2B2c3ccccc3N(c3cccc4oc5ccccc5c34)c3cccc1c32. The molecule has 4 heterocycles. The molecule has 7 aromatic carbocycles. The molecule has 11 rings (SSSR count). The van der Waals surface area contributed by atoms with Crippen LogP contribution in [0, 0.1) is 10.7 Å². The van der Waals surface area contributed by atoms with Crippen LogP contribution in [0.2, 0.25) is 0 Å². The number of anilines is 3. The number of nitrogens with zero attached hydrogens (tertiary/aromatic N) is 1. The molecule has 5 heteroatoms. The fourth-order valence-corrected chi connectivity index (χ4v) is 16.7. The maximum atomic E-state index is 6.40. The second-order valence-electron chi connectivity index (χ2n) is 12.7. The molecule has 0 amide bonds. The first-order chi connectivity index (χ1) is 23.7. The third-order valence-corrected chi connectivity index (χ3v) is 19.0. The van der Waals surface area contributed by atoms with Gasteiger partial charge in [-0.3, -0.25) is 0 Å². The van der Waals surface area contributed by atoms with Crippen LogP contribution in [0.25, 0.3) is 43.9 Å². The topological polar surface area (TPSA) is 29.5 Å². The fraction of sp³-hybridized carbons (Fsp3) is 0. The van der Waals surface area contributed by atoms with Crippen LogP contribution in [0.15, 0.2) is 160 Å². The molecule has 0 fully saturated rings. The van der Waals surface area contributed by atoms with E-state index in [9.17, 15) is 0 Å². The van der Waals surface area contributed by atoms with Crippen LogP contribution in [-0.2, 0) is 0 Å². The molecule has 0 bridgehead atoms. The van der Waals surface area contributed by atoms with Crippen molar-refractivity contribution in [3.8, 4) is 0 Å². The zero-order chi connectivity index (χ0) is 31.6. The van der Waals surface area contributed by atoms with Gasteiger partial charge in [0.25, 0.3) is 0 Å². The Balaban J connectivity index is 1.24. The summed E-state index contributed by atoms with van der Waals surface area (Å²) in [5, 5.41) is 4.57. The molecule has 48 heavy (non-hydrogen) atoms. The van der Waals surface area contributed by atoms with E-state index >= 15 is 0 Å². The molecular weight excluding hydrogens is 700 g/mol. The molecule has 0 saturated carbocycles. The molecule has 0 N–H and O–H groups in total. The molecule has 1 unspecified atom stereocenters. The number of rotatable bonds is 2. The Morgan fingerprint density at radius 3 is 1.98 bits per heavy atom. The summed E-state index contributed by atoms with van der Waals surface area (Å²) in [5.41, 5.74) is 11.3. The van der Waals surface area contributed by atoms with Gasteiger partial charge in [-0.15, -0.1) is 0 Å². The maximum absolute atomic E-state index is 6.40. The van der Waals surface area contributed by atoms with Gasteiger partial charge in [0.2, 0.25) is 0 Å². The van der Waals surface area contributed by atoms with Gasteiger partial charge < -0.3 is 0 Å². The predicted molar refractivity (Wildman–Crippen MR) is 210 cm³/mol. The van der Waals surface area contributed by atoms with Crippen LogP contribution >= 0.6 is 18.0 Å². The Bertz CT molecular complexity index is 2860. The molecule has 9 aromatic rings. The van der Waals surface area contributed by atoms with Gasteiger partial charge in [0, 0.05) is 0 Å². The van der Waals surface area contributed by atoms with E-state index in [0.717, 1.165) is 49.6 Å². The van der Waals surface area contributed by atoms with E-state index in [1.165, 1.54) is 38.5 Å². The normalized spacial score (nSPS) is 17.8. The third-order valence-electron chi connectivity index (χ3n) is 10.3. The van der Waals surface area contributed by atoms with Crippen LogP contribution in [-0.4, -0.2) is 11.2 Å². The molecule has 2 aliphatic rings. The van der Waals surface area contributed by atoms with Crippen molar-refractivity contribution in [3.63, 3.8) is 0 Å². The van der Waals surface area contributed by atoms with Crippen molar-refractivity contribution in [1.82, 2.24) is 0 Å². The quantitative estimate of drug-likeness (QED) is 0.131. The monoisotopic (exact) mass is 727 g/mol. The summed E-state index contributed by atoms with van der Waals surface area (Å²) < 4.78 is 22.2. The minimum absolute atomic E-state index is 0.108. The zero-order valence-corrected chi connectivity index (χ0v) is 28.0. The van der Waals surface area contributed by atoms with Crippen molar-refractivity contribution in [2.75, 3.05) is 4.90 Å². The first-order valence-corrected chi connectivity index (χ1v) is 21.0. The number of benzene rings is 7. The summed E-state index contributed by atoms with van der Waals surface area (Å²) in [4.78, 5) is 2.48. The molecule has 2 aromatic heterocycles. The van der Waals surface area contributed by atoms with Crippen LogP contribution < -0.4 is 21.3 Å². The van der Waals surface area contributed by atoms with E-state index in [0.29, 0.717) is 0 Å². The first-order valence-electron chi connectivity index (χ1n) is 16.2. The van der Waals surface area contributed by atoms with Gasteiger partial charge in [0.05, 0.1) is 0 Å². The fourth-order valence-electron chi connectivity index (χ4n) is 8.28. The van der Waals surface area contributed by atoms with Crippen molar-refractivity contribution in [3.05, 3.63) is 162 Å². The van der Waals surface area contributed by atoms with Crippen LogP contribution in [0.5, 0.6) is 0 Å². The standard InChI is InChI=1S/C43H27BINO2/c1-45(27-24-25-40-30(26-27)28-12-2-8-21-38(28)47-40)33-16-6-4-14-31(33)44-32-15-5-7-18-35(32)46(37-20-10-17-34(45)43(37)44)36-19-11-23-41-42(36)29-13-3-9-22-39(29)48-41/h2-26H,1H2. The molecule has 2 aliphatic heterocycles. The number of para-hydroxylation sites is 3. The van der Waals surface area contributed by atoms with E-state index in [4.69, 9.17) is 13.3 Å². The molecule has 0 aliphatic carbocycles. The van der Waals surface area contributed by atoms with Gasteiger partial charge >= 0.3 is 283 Å². The van der Waals surface area contributed by atoms with E-state index in [1.807, 2.05) is 12.1 Å². The Morgan fingerprint density at radius 2 is 1.08 bits per heavy atom. The summed E-state index contributed by atoms with van der Waals surface area (Å²) >= 11 is -3.38. The summed E-state index contributed by atoms with van der Waals surface area (Å²) in [6.45, 7) is 0.108. The summed E-state index contributed by atoms with van der Waals surface area (Å²) in [5.74, 6) is 0. The van der Waals surface area contributed by atoms with Gasteiger partial charge in [-0.05, 0) is 0 Å². The van der Waals surface area contributed by atoms with E-state index < -0.39 is 18.0 Å². The zero-order valence-electron chi connectivity index (χ0n) is 25.9. The van der Waals surface area contributed by atoms with Gasteiger partial charge in [-0.25, -0.2) is 0 Å². The van der Waals surface area contributed by atoms with E-state index in [-0.39, 0.29) is 6.71 Å². The number of hydrogen-bond donors (Lipinski definition) is 0. The molecule has 3 nitrogen and oxygen atoms in total. The molecule has 226 valence electrons. The Labute approximate surface area is 281 Å². The van der Waals surface area contributed by atoms with Gasteiger partial charge in [0.1, 0.15) is 0 Å². The van der Waals surface area contributed by atoms with Gasteiger partial charge in [-0.2, -0.15) is 0 Å². The van der Waals surface area contributed by atoms with Crippen molar-refractivity contribution < 1.29 is 8.83 Å². The molecular formula is C43H27BINO2. The number of halogens is 1. The summed E-state index contributed by atoms with van der Waals surface area (Å²) in [6, 6.07) is 55.0. The summed E-state index contributed by atoms with van der Waals surface area (Å²) in [6.07, 6.45) is 0. The van der Waals surface area contributed by atoms with Gasteiger partial charge in [0.15, 0.2) is 0 Å². The Kier molecular flexibility index (Phi) is 5.32. The number of furan rings is 2. The van der Waals surface area contributed by atoms with Gasteiger partial charge in [-0.1, -0.05) is 0 Å². The van der Waals surface area contributed by atoms with Crippen LogP contribution in [0.4, 0.5) is 17.1 Å².